The number of anilines is 1. The lowest BCUT2D eigenvalue weighted by Crippen LogP contribution is -2.07. The summed E-state index contributed by atoms with van der Waals surface area (Å²) in [6.07, 6.45) is 4.54. The first-order valence-corrected chi connectivity index (χ1v) is 10.2. The van der Waals surface area contributed by atoms with Crippen molar-refractivity contribution >= 4 is 29.3 Å². The topological polar surface area (TPSA) is 81.9 Å². The van der Waals surface area contributed by atoms with E-state index in [1.807, 2.05) is 38.1 Å². The minimum Gasteiger partial charge on any atom is -0.439 e. The normalized spacial score (nSPS) is 11.0. The molecule has 0 radical (unpaired) electrons. The quantitative estimate of drug-likeness (QED) is 0.403. The van der Waals surface area contributed by atoms with Crippen molar-refractivity contribution in [1.82, 2.24) is 19.7 Å². The van der Waals surface area contributed by atoms with E-state index in [1.165, 1.54) is 12.4 Å². The lowest BCUT2D eigenvalue weighted by molar-refractivity contribution is -0.111. The van der Waals surface area contributed by atoms with Gasteiger partial charge in [0.15, 0.2) is 5.82 Å². The van der Waals surface area contributed by atoms with Crippen molar-refractivity contribution in [2.24, 2.45) is 0 Å². The number of aromatic nitrogens is 4. The van der Waals surface area contributed by atoms with Crippen LogP contribution in [-0.4, -0.2) is 25.7 Å². The fourth-order valence-electron chi connectivity index (χ4n) is 3.05. The summed E-state index contributed by atoms with van der Waals surface area (Å²) in [5.41, 5.74) is 3.29. The van der Waals surface area contributed by atoms with Gasteiger partial charge >= 0.3 is 0 Å². The van der Waals surface area contributed by atoms with Gasteiger partial charge in [-0.15, -0.1) is 0 Å². The van der Waals surface area contributed by atoms with E-state index in [4.69, 9.17) is 16.3 Å². The second kappa shape index (κ2) is 9.45. The second-order valence-electron chi connectivity index (χ2n) is 7.02. The molecule has 1 amide bonds. The van der Waals surface area contributed by atoms with Gasteiger partial charge in [0, 0.05) is 28.5 Å². The largest absolute Gasteiger partial charge is 0.439 e. The molecule has 7 nitrogen and oxygen atoms in total. The summed E-state index contributed by atoms with van der Waals surface area (Å²) in [6.45, 7) is 3.88. The van der Waals surface area contributed by atoms with Gasteiger partial charge in [-0.05, 0) is 61.9 Å². The van der Waals surface area contributed by atoms with Gasteiger partial charge in [0.1, 0.15) is 12.1 Å². The third kappa shape index (κ3) is 5.19. The third-order valence-electron chi connectivity index (χ3n) is 4.52. The first-order chi connectivity index (χ1) is 15.5. The highest BCUT2D eigenvalue weighted by Crippen LogP contribution is 2.23. The number of carbonyl (C=O) groups excluding carboxylic acids is 1. The number of rotatable bonds is 6. The van der Waals surface area contributed by atoms with Gasteiger partial charge in [-0.25, -0.2) is 14.6 Å². The SMILES string of the molecule is Cc1cc(C)n(-c2cc(Oc3ccc(NC(=O)/C=C/c4ccccc4Cl)cc3)ncn2)n1. The Balaban J connectivity index is 1.40. The number of hydrogen-bond acceptors (Lipinski definition) is 5. The number of halogens is 1. The van der Waals surface area contributed by atoms with Crippen molar-refractivity contribution in [3.05, 3.63) is 95.0 Å². The Morgan fingerprint density at radius 1 is 1.06 bits per heavy atom. The van der Waals surface area contributed by atoms with Crippen LogP contribution < -0.4 is 10.1 Å². The molecule has 0 fully saturated rings. The highest BCUT2D eigenvalue weighted by atomic mass is 35.5. The van der Waals surface area contributed by atoms with Crippen molar-refractivity contribution in [2.75, 3.05) is 5.32 Å². The van der Waals surface area contributed by atoms with Crippen LogP contribution in [0.4, 0.5) is 5.69 Å². The van der Waals surface area contributed by atoms with Crippen LogP contribution in [0.2, 0.25) is 5.02 Å². The molecular formula is C24H20ClN5O2. The molecule has 0 aliphatic heterocycles. The Morgan fingerprint density at radius 3 is 2.56 bits per heavy atom. The van der Waals surface area contributed by atoms with Gasteiger partial charge in [-0.2, -0.15) is 5.10 Å². The molecule has 0 spiro atoms. The van der Waals surface area contributed by atoms with Crippen molar-refractivity contribution in [3.63, 3.8) is 0 Å². The number of ether oxygens (including phenoxy) is 1. The molecule has 2 aromatic carbocycles. The molecule has 4 aromatic rings. The molecule has 2 heterocycles. The number of hydrogen-bond donors (Lipinski definition) is 1. The van der Waals surface area contributed by atoms with E-state index >= 15 is 0 Å². The van der Waals surface area contributed by atoms with E-state index in [-0.39, 0.29) is 5.91 Å². The molecule has 0 saturated carbocycles. The highest BCUT2D eigenvalue weighted by molar-refractivity contribution is 6.32. The summed E-state index contributed by atoms with van der Waals surface area (Å²) in [5, 5.41) is 7.81. The van der Waals surface area contributed by atoms with Crippen molar-refractivity contribution in [2.45, 2.75) is 13.8 Å². The maximum atomic E-state index is 12.2. The molecular weight excluding hydrogens is 426 g/mol. The van der Waals surface area contributed by atoms with E-state index in [0.717, 1.165) is 17.0 Å². The van der Waals surface area contributed by atoms with Gasteiger partial charge in [0.05, 0.1) is 5.69 Å². The summed E-state index contributed by atoms with van der Waals surface area (Å²) in [6, 6.07) is 18.0. The minimum atomic E-state index is -0.260. The van der Waals surface area contributed by atoms with Crippen molar-refractivity contribution in [1.29, 1.82) is 0 Å². The molecule has 0 atom stereocenters. The Hall–Kier alpha value is -3.97. The average Bonchev–Trinajstić information content (AvgIpc) is 3.13. The number of carbonyl (C=O) groups is 1. The number of amides is 1. The summed E-state index contributed by atoms with van der Waals surface area (Å²) in [7, 11) is 0. The summed E-state index contributed by atoms with van der Waals surface area (Å²) >= 11 is 6.09. The molecule has 0 unspecified atom stereocenters. The summed E-state index contributed by atoms with van der Waals surface area (Å²) in [5.74, 6) is 1.33. The zero-order valence-corrected chi connectivity index (χ0v) is 18.2. The van der Waals surface area contributed by atoms with E-state index in [0.29, 0.717) is 28.2 Å². The van der Waals surface area contributed by atoms with Crippen LogP contribution in [0.15, 0.2) is 73.1 Å². The average molecular weight is 446 g/mol. The molecule has 1 N–H and O–H groups in total. The van der Waals surface area contributed by atoms with Gasteiger partial charge in [-0.3, -0.25) is 4.79 Å². The van der Waals surface area contributed by atoms with Crippen LogP contribution in [-0.2, 0) is 4.79 Å². The van der Waals surface area contributed by atoms with Gasteiger partial charge in [-0.1, -0.05) is 29.8 Å². The minimum absolute atomic E-state index is 0.260. The van der Waals surface area contributed by atoms with Crippen LogP contribution in [0.1, 0.15) is 17.0 Å². The van der Waals surface area contributed by atoms with E-state index in [1.54, 1.807) is 47.2 Å². The first-order valence-electron chi connectivity index (χ1n) is 9.85. The van der Waals surface area contributed by atoms with Gasteiger partial charge < -0.3 is 10.1 Å². The van der Waals surface area contributed by atoms with Crippen LogP contribution in [0, 0.1) is 13.8 Å². The second-order valence-corrected chi connectivity index (χ2v) is 7.43. The van der Waals surface area contributed by atoms with Crippen molar-refractivity contribution < 1.29 is 9.53 Å². The fourth-order valence-corrected chi connectivity index (χ4v) is 3.25. The molecule has 0 bridgehead atoms. The Bertz CT molecular complexity index is 1280. The third-order valence-corrected chi connectivity index (χ3v) is 4.86. The maximum Gasteiger partial charge on any atom is 0.248 e. The zero-order valence-electron chi connectivity index (χ0n) is 17.5. The smallest absolute Gasteiger partial charge is 0.248 e. The van der Waals surface area contributed by atoms with Crippen LogP contribution in [0.3, 0.4) is 0 Å². The molecule has 0 saturated heterocycles. The standard InChI is InChI=1S/C24H20ClN5O2/c1-16-13-17(2)30(29-16)22-14-24(27-15-26-22)32-20-10-8-19(9-11-20)28-23(31)12-7-18-5-3-4-6-21(18)25/h3-15H,1-2H3,(H,28,31)/b12-7+. The predicted octanol–water partition coefficient (Wildman–Crippen LogP) is 5.38. The Labute approximate surface area is 190 Å². The molecule has 8 heteroatoms. The molecule has 0 aliphatic rings. The lowest BCUT2D eigenvalue weighted by atomic mass is 10.2. The van der Waals surface area contributed by atoms with Crippen molar-refractivity contribution in [3.8, 4) is 17.4 Å². The predicted molar refractivity (Wildman–Crippen MR) is 124 cm³/mol. The molecule has 4 rings (SSSR count). The van der Waals surface area contributed by atoms with Crippen LogP contribution >= 0.6 is 11.6 Å². The van der Waals surface area contributed by atoms with Gasteiger partial charge in [0.25, 0.3) is 0 Å². The molecule has 32 heavy (non-hydrogen) atoms. The summed E-state index contributed by atoms with van der Waals surface area (Å²) < 4.78 is 7.57. The maximum absolute atomic E-state index is 12.2. The number of benzene rings is 2. The molecule has 2 aromatic heterocycles. The monoisotopic (exact) mass is 445 g/mol. The fraction of sp³-hybridized carbons (Fsp3) is 0.0833. The highest BCUT2D eigenvalue weighted by Gasteiger charge is 2.08. The molecule has 160 valence electrons. The molecule has 0 aliphatic carbocycles. The summed E-state index contributed by atoms with van der Waals surface area (Å²) in [4.78, 5) is 20.6. The van der Waals surface area contributed by atoms with Gasteiger partial charge in [0.2, 0.25) is 11.8 Å². The van der Waals surface area contributed by atoms with Crippen LogP contribution in [0.25, 0.3) is 11.9 Å². The van der Waals surface area contributed by atoms with E-state index in [9.17, 15) is 4.79 Å². The van der Waals surface area contributed by atoms with E-state index < -0.39 is 0 Å². The van der Waals surface area contributed by atoms with E-state index in [2.05, 4.69) is 20.4 Å². The Morgan fingerprint density at radius 2 is 1.84 bits per heavy atom. The number of nitrogens with one attached hydrogen (secondary N) is 1. The number of aryl methyl sites for hydroxylation is 2. The first kappa shape index (κ1) is 21.3. The van der Waals surface area contributed by atoms with Crippen LogP contribution in [0.5, 0.6) is 11.6 Å². The lowest BCUT2D eigenvalue weighted by Gasteiger charge is -2.08. The Kier molecular flexibility index (Phi) is 6.28. The number of nitrogens with zero attached hydrogens (tertiary/aromatic N) is 4. The zero-order chi connectivity index (χ0) is 22.5.